The van der Waals surface area contributed by atoms with Crippen molar-refractivity contribution in [3.8, 4) is 0 Å². The minimum Gasteiger partial charge on any atom is -0.462 e. The van der Waals surface area contributed by atoms with Crippen LogP contribution in [0.25, 0.3) is 0 Å². The van der Waals surface area contributed by atoms with Crippen molar-refractivity contribution < 1.29 is 9.53 Å². The van der Waals surface area contributed by atoms with Crippen molar-refractivity contribution in [1.82, 2.24) is 0 Å². The molecule has 0 aromatic heterocycles. The Kier molecular flexibility index (Phi) is 6.44. The number of esters is 1. The first-order valence-electron chi connectivity index (χ1n) is 4.57. The number of carbonyl (C=O) groups excluding carboxylic acids is 1. The molecule has 2 nitrogen and oxygen atoms in total. The Bertz CT molecular complexity index is 150. The molecule has 0 saturated heterocycles. The third kappa shape index (κ3) is 4.94. The number of ether oxygens (including phenoxy) is 1. The topological polar surface area (TPSA) is 26.3 Å². The molecule has 0 aromatic carbocycles. The van der Waals surface area contributed by atoms with Crippen molar-refractivity contribution in [2.24, 2.45) is 0 Å². The summed E-state index contributed by atoms with van der Waals surface area (Å²) in [7, 11) is 0. The van der Waals surface area contributed by atoms with Gasteiger partial charge in [-0.3, -0.25) is 0 Å². The Morgan fingerprint density at radius 1 is 1.33 bits per heavy atom. The SMILES string of the molecule is C=C(CCC)C(=O)OCCCC. The Morgan fingerprint density at radius 3 is 2.50 bits per heavy atom. The largest absolute Gasteiger partial charge is 0.462 e. The van der Waals surface area contributed by atoms with Gasteiger partial charge in [-0.1, -0.05) is 33.3 Å². The molecule has 0 amide bonds. The summed E-state index contributed by atoms with van der Waals surface area (Å²) in [6, 6.07) is 0. The maximum atomic E-state index is 11.1. The second-order valence-corrected chi connectivity index (χ2v) is 2.84. The number of hydrogen-bond acceptors (Lipinski definition) is 2. The van der Waals surface area contributed by atoms with Gasteiger partial charge in [0.25, 0.3) is 0 Å². The smallest absolute Gasteiger partial charge is 0.333 e. The summed E-state index contributed by atoms with van der Waals surface area (Å²) in [4.78, 5) is 11.1. The van der Waals surface area contributed by atoms with E-state index in [0.29, 0.717) is 12.2 Å². The van der Waals surface area contributed by atoms with E-state index < -0.39 is 0 Å². The Labute approximate surface area is 74.6 Å². The molecule has 0 saturated carbocycles. The molecule has 0 spiro atoms. The first kappa shape index (κ1) is 11.2. The first-order chi connectivity index (χ1) is 5.72. The van der Waals surface area contributed by atoms with Crippen molar-refractivity contribution in [3.05, 3.63) is 12.2 Å². The van der Waals surface area contributed by atoms with E-state index in [1.807, 2.05) is 6.92 Å². The van der Waals surface area contributed by atoms with Crippen molar-refractivity contribution in [1.29, 1.82) is 0 Å². The summed E-state index contributed by atoms with van der Waals surface area (Å²) >= 11 is 0. The van der Waals surface area contributed by atoms with Crippen LogP contribution < -0.4 is 0 Å². The maximum Gasteiger partial charge on any atom is 0.333 e. The summed E-state index contributed by atoms with van der Waals surface area (Å²) in [6.07, 6.45) is 3.67. The molecule has 0 N–H and O–H groups in total. The second-order valence-electron chi connectivity index (χ2n) is 2.84. The zero-order valence-corrected chi connectivity index (χ0v) is 8.06. The molecule has 12 heavy (non-hydrogen) atoms. The lowest BCUT2D eigenvalue weighted by atomic mass is 10.2. The van der Waals surface area contributed by atoms with E-state index in [2.05, 4.69) is 13.5 Å². The number of hydrogen-bond donors (Lipinski definition) is 0. The van der Waals surface area contributed by atoms with E-state index in [0.717, 1.165) is 25.7 Å². The van der Waals surface area contributed by atoms with E-state index in [-0.39, 0.29) is 5.97 Å². The van der Waals surface area contributed by atoms with Gasteiger partial charge < -0.3 is 4.74 Å². The van der Waals surface area contributed by atoms with E-state index in [1.165, 1.54) is 0 Å². The van der Waals surface area contributed by atoms with Gasteiger partial charge in [-0.25, -0.2) is 4.79 Å². The van der Waals surface area contributed by atoms with Crippen LogP contribution in [0.4, 0.5) is 0 Å². The van der Waals surface area contributed by atoms with Gasteiger partial charge in [0, 0.05) is 5.57 Å². The average molecular weight is 170 g/mol. The monoisotopic (exact) mass is 170 g/mol. The molecule has 0 aliphatic carbocycles. The third-order valence-electron chi connectivity index (χ3n) is 1.57. The summed E-state index contributed by atoms with van der Waals surface area (Å²) in [6.45, 7) is 8.26. The van der Waals surface area contributed by atoms with Gasteiger partial charge in [-0.15, -0.1) is 0 Å². The van der Waals surface area contributed by atoms with E-state index in [1.54, 1.807) is 0 Å². The fourth-order valence-corrected chi connectivity index (χ4v) is 0.815. The van der Waals surface area contributed by atoms with Gasteiger partial charge in [0.05, 0.1) is 6.61 Å². The molecule has 0 unspecified atom stereocenters. The summed E-state index contributed by atoms with van der Waals surface area (Å²) in [5, 5.41) is 0. The molecule has 0 fully saturated rings. The lowest BCUT2D eigenvalue weighted by molar-refractivity contribution is -0.139. The zero-order valence-electron chi connectivity index (χ0n) is 8.06. The van der Waals surface area contributed by atoms with Crippen LogP contribution in [0, 0.1) is 0 Å². The fraction of sp³-hybridized carbons (Fsp3) is 0.700. The van der Waals surface area contributed by atoms with Crippen LogP contribution in [0.2, 0.25) is 0 Å². The van der Waals surface area contributed by atoms with Gasteiger partial charge in [0.15, 0.2) is 0 Å². The van der Waals surface area contributed by atoms with Crippen LogP contribution in [-0.4, -0.2) is 12.6 Å². The van der Waals surface area contributed by atoms with Gasteiger partial charge >= 0.3 is 5.97 Å². The molecule has 0 aliphatic heterocycles. The predicted molar refractivity (Wildman–Crippen MR) is 49.9 cm³/mol. The molecule has 0 aromatic rings. The van der Waals surface area contributed by atoms with Gasteiger partial charge in [-0.2, -0.15) is 0 Å². The summed E-state index contributed by atoms with van der Waals surface area (Å²) < 4.78 is 4.96. The van der Waals surface area contributed by atoms with E-state index >= 15 is 0 Å². The fourth-order valence-electron chi connectivity index (χ4n) is 0.815. The molecule has 2 heteroatoms. The minimum atomic E-state index is -0.231. The van der Waals surface area contributed by atoms with Crippen LogP contribution >= 0.6 is 0 Å². The van der Waals surface area contributed by atoms with Crippen LogP contribution in [0.1, 0.15) is 39.5 Å². The molecular weight excluding hydrogens is 152 g/mol. The molecule has 0 rings (SSSR count). The van der Waals surface area contributed by atoms with E-state index in [4.69, 9.17) is 4.74 Å². The Hall–Kier alpha value is -0.790. The minimum absolute atomic E-state index is 0.231. The normalized spacial score (nSPS) is 9.50. The second kappa shape index (κ2) is 6.89. The lowest BCUT2D eigenvalue weighted by Gasteiger charge is -2.04. The van der Waals surface area contributed by atoms with Crippen LogP contribution in [0.5, 0.6) is 0 Å². The third-order valence-corrected chi connectivity index (χ3v) is 1.57. The molecule has 0 bridgehead atoms. The summed E-state index contributed by atoms with van der Waals surface area (Å²) in [5.41, 5.74) is 0.591. The average Bonchev–Trinajstić information content (AvgIpc) is 2.05. The van der Waals surface area contributed by atoms with Gasteiger partial charge in [0.2, 0.25) is 0 Å². The van der Waals surface area contributed by atoms with Crippen molar-refractivity contribution in [2.75, 3.05) is 6.61 Å². The standard InChI is InChI=1S/C10H18O2/c1-4-6-8-12-10(11)9(3)7-5-2/h3-8H2,1-2H3. The summed E-state index contributed by atoms with van der Waals surface area (Å²) in [5.74, 6) is -0.231. The van der Waals surface area contributed by atoms with Gasteiger partial charge in [-0.05, 0) is 12.8 Å². The number of rotatable bonds is 6. The van der Waals surface area contributed by atoms with Crippen molar-refractivity contribution in [3.63, 3.8) is 0 Å². The highest BCUT2D eigenvalue weighted by molar-refractivity contribution is 5.87. The molecule has 0 radical (unpaired) electrons. The zero-order chi connectivity index (χ0) is 9.40. The van der Waals surface area contributed by atoms with Crippen LogP contribution in [-0.2, 0) is 9.53 Å². The predicted octanol–water partition coefficient (Wildman–Crippen LogP) is 2.69. The molecule has 0 aliphatic rings. The lowest BCUT2D eigenvalue weighted by Crippen LogP contribution is -2.07. The molecule has 0 heterocycles. The number of carbonyl (C=O) groups is 1. The molecule has 70 valence electrons. The molecule has 0 atom stereocenters. The Balaban J connectivity index is 3.50. The highest BCUT2D eigenvalue weighted by Crippen LogP contribution is 2.04. The maximum absolute atomic E-state index is 11.1. The van der Waals surface area contributed by atoms with Crippen LogP contribution in [0.15, 0.2) is 12.2 Å². The van der Waals surface area contributed by atoms with Gasteiger partial charge in [0.1, 0.15) is 0 Å². The number of unbranched alkanes of at least 4 members (excludes halogenated alkanes) is 1. The molecular formula is C10H18O2. The van der Waals surface area contributed by atoms with Crippen LogP contribution in [0.3, 0.4) is 0 Å². The highest BCUT2D eigenvalue weighted by atomic mass is 16.5. The first-order valence-corrected chi connectivity index (χ1v) is 4.57. The highest BCUT2D eigenvalue weighted by Gasteiger charge is 2.05. The quantitative estimate of drug-likeness (QED) is 0.348. The van der Waals surface area contributed by atoms with E-state index in [9.17, 15) is 4.79 Å². The van der Waals surface area contributed by atoms with Crippen molar-refractivity contribution >= 4 is 5.97 Å². The Morgan fingerprint density at radius 2 is 2.00 bits per heavy atom. The van der Waals surface area contributed by atoms with Crippen molar-refractivity contribution in [2.45, 2.75) is 39.5 Å².